The molecule has 3 aromatic rings. The molecule has 0 saturated heterocycles. The van der Waals surface area contributed by atoms with E-state index >= 15 is 0 Å². The third kappa shape index (κ3) is 3.41. The quantitative estimate of drug-likeness (QED) is 0.720. The Balaban J connectivity index is 1.78. The zero-order valence-electron chi connectivity index (χ0n) is 12.9. The number of imidazole rings is 1. The Morgan fingerprint density at radius 2 is 1.91 bits per heavy atom. The summed E-state index contributed by atoms with van der Waals surface area (Å²) in [4.78, 5) is 8.07. The van der Waals surface area contributed by atoms with Gasteiger partial charge >= 0.3 is 0 Å². The van der Waals surface area contributed by atoms with Gasteiger partial charge in [-0.3, -0.25) is 0 Å². The summed E-state index contributed by atoms with van der Waals surface area (Å²) in [5.41, 5.74) is 2.87. The number of nitrogens with zero attached hydrogens (tertiary/aromatic N) is 2. The van der Waals surface area contributed by atoms with E-state index in [9.17, 15) is 8.42 Å². The Morgan fingerprint density at radius 3 is 2.65 bits per heavy atom. The van der Waals surface area contributed by atoms with Gasteiger partial charge in [0, 0.05) is 19.8 Å². The van der Waals surface area contributed by atoms with Crippen molar-refractivity contribution in [3.05, 3.63) is 54.1 Å². The van der Waals surface area contributed by atoms with Crippen LogP contribution in [0, 0.1) is 0 Å². The number of hydrogen-bond donors (Lipinski definition) is 1. The number of benzene rings is 2. The Labute approximate surface area is 139 Å². The van der Waals surface area contributed by atoms with E-state index in [4.69, 9.17) is 0 Å². The molecule has 0 saturated carbocycles. The SMILES string of the molecule is CN(C)S(=O)(=O)c1cccc(CSc2nc3ccccc3[nH]2)c1. The molecule has 0 fully saturated rings. The topological polar surface area (TPSA) is 66.1 Å². The molecule has 1 heterocycles. The van der Waals surface area contributed by atoms with Gasteiger partial charge in [0.05, 0.1) is 15.9 Å². The Hall–Kier alpha value is -1.83. The van der Waals surface area contributed by atoms with Crippen molar-refractivity contribution in [2.45, 2.75) is 15.8 Å². The summed E-state index contributed by atoms with van der Waals surface area (Å²) in [6.07, 6.45) is 0. The number of thioether (sulfide) groups is 1. The van der Waals surface area contributed by atoms with Crippen molar-refractivity contribution in [3.8, 4) is 0 Å². The lowest BCUT2D eigenvalue weighted by Crippen LogP contribution is -2.22. The standard InChI is InChI=1S/C16H17N3O2S2/c1-19(2)23(20,21)13-7-5-6-12(10-13)11-22-16-17-14-8-3-4-9-15(14)18-16/h3-10H,11H2,1-2H3,(H,17,18). The zero-order chi connectivity index (χ0) is 16.4. The maximum atomic E-state index is 12.2. The number of fused-ring (bicyclic) bond motifs is 1. The molecular weight excluding hydrogens is 330 g/mol. The van der Waals surface area contributed by atoms with Gasteiger partial charge in [-0.2, -0.15) is 0 Å². The fraction of sp³-hybridized carbons (Fsp3) is 0.188. The van der Waals surface area contributed by atoms with E-state index in [1.165, 1.54) is 18.4 Å². The Morgan fingerprint density at radius 1 is 1.13 bits per heavy atom. The van der Waals surface area contributed by atoms with Crippen LogP contribution in [-0.4, -0.2) is 36.8 Å². The van der Waals surface area contributed by atoms with E-state index in [1.807, 2.05) is 30.3 Å². The number of H-pyrrole nitrogens is 1. The highest BCUT2D eigenvalue weighted by Gasteiger charge is 2.17. The zero-order valence-corrected chi connectivity index (χ0v) is 14.5. The van der Waals surface area contributed by atoms with Gasteiger partial charge in [-0.1, -0.05) is 36.0 Å². The third-order valence-electron chi connectivity index (χ3n) is 3.42. The van der Waals surface area contributed by atoms with Gasteiger partial charge in [-0.05, 0) is 29.8 Å². The molecule has 120 valence electrons. The summed E-state index contributed by atoms with van der Waals surface area (Å²) >= 11 is 1.55. The highest BCUT2D eigenvalue weighted by atomic mass is 32.2. The van der Waals surface area contributed by atoms with Gasteiger partial charge in [0.15, 0.2) is 5.16 Å². The van der Waals surface area contributed by atoms with Gasteiger partial charge in [0.2, 0.25) is 10.0 Å². The molecule has 0 bridgehead atoms. The van der Waals surface area contributed by atoms with E-state index in [0.717, 1.165) is 21.8 Å². The summed E-state index contributed by atoms with van der Waals surface area (Å²) in [7, 11) is -0.336. The second kappa shape index (κ2) is 6.35. The minimum absolute atomic E-state index is 0.310. The molecule has 2 aromatic carbocycles. The number of aromatic amines is 1. The maximum Gasteiger partial charge on any atom is 0.242 e. The van der Waals surface area contributed by atoms with E-state index in [0.29, 0.717) is 10.6 Å². The Kier molecular flexibility index (Phi) is 4.43. The van der Waals surface area contributed by atoms with E-state index in [1.54, 1.807) is 30.0 Å². The average molecular weight is 347 g/mol. The van der Waals surface area contributed by atoms with Crippen LogP contribution in [0.15, 0.2) is 58.6 Å². The summed E-state index contributed by atoms with van der Waals surface area (Å²) in [6.45, 7) is 0. The predicted molar refractivity (Wildman–Crippen MR) is 93.0 cm³/mol. The van der Waals surface area contributed by atoms with Gasteiger partial charge in [-0.25, -0.2) is 17.7 Å². The van der Waals surface area contributed by atoms with Crippen molar-refractivity contribution >= 4 is 32.8 Å². The number of para-hydroxylation sites is 2. The molecule has 0 aliphatic rings. The van der Waals surface area contributed by atoms with Gasteiger partial charge in [0.1, 0.15) is 0 Å². The van der Waals surface area contributed by atoms with Crippen molar-refractivity contribution < 1.29 is 8.42 Å². The van der Waals surface area contributed by atoms with Crippen molar-refractivity contribution in [1.29, 1.82) is 0 Å². The number of aromatic nitrogens is 2. The largest absolute Gasteiger partial charge is 0.333 e. The van der Waals surface area contributed by atoms with Gasteiger partial charge in [0.25, 0.3) is 0 Å². The second-order valence-electron chi connectivity index (χ2n) is 5.28. The number of sulfonamides is 1. The molecule has 7 heteroatoms. The van der Waals surface area contributed by atoms with Crippen LogP contribution >= 0.6 is 11.8 Å². The summed E-state index contributed by atoms with van der Waals surface area (Å²) in [5, 5.41) is 0.826. The summed E-state index contributed by atoms with van der Waals surface area (Å²) in [5.74, 6) is 0.649. The van der Waals surface area contributed by atoms with E-state index in [-0.39, 0.29) is 0 Å². The van der Waals surface area contributed by atoms with Crippen LogP contribution in [-0.2, 0) is 15.8 Å². The molecule has 23 heavy (non-hydrogen) atoms. The predicted octanol–water partition coefficient (Wildman–Crippen LogP) is 3.11. The smallest absolute Gasteiger partial charge is 0.242 e. The third-order valence-corrected chi connectivity index (χ3v) is 6.18. The lowest BCUT2D eigenvalue weighted by Gasteiger charge is -2.12. The van der Waals surface area contributed by atoms with Crippen molar-refractivity contribution in [2.24, 2.45) is 0 Å². The fourth-order valence-corrected chi connectivity index (χ4v) is 3.96. The minimum Gasteiger partial charge on any atom is -0.333 e. The fourth-order valence-electron chi connectivity index (χ4n) is 2.16. The Bertz CT molecular complexity index is 900. The lowest BCUT2D eigenvalue weighted by molar-refractivity contribution is 0.520. The lowest BCUT2D eigenvalue weighted by atomic mass is 10.2. The summed E-state index contributed by atoms with van der Waals surface area (Å²) < 4.78 is 25.6. The van der Waals surface area contributed by atoms with Crippen LogP contribution in [0.3, 0.4) is 0 Å². The number of hydrogen-bond acceptors (Lipinski definition) is 4. The van der Waals surface area contributed by atoms with Gasteiger partial charge in [-0.15, -0.1) is 0 Å². The molecule has 0 radical (unpaired) electrons. The van der Waals surface area contributed by atoms with Crippen LogP contribution < -0.4 is 0 Å². The van der Waals surface area contributed by atoms with Crippen molar-refractivity contribution in [2.75, 3.05) is 14.1 Å². The van der Waals surface area contributed by atoms with Crippen LogP contribution in [0.2, 0.25) is 0 Å². The minimum atomic E-state index is -3.40. The number of nitrogens with one attached hydrogen (secondary N) is 1. The molecule has 0 unspecified atom stereocenters. The van der Waals surface area contributed by atoms with E-state index in [2.05, 4.69) is 9.97 Å². The van der Waals surface area contributed by atoms with Crippen LogP contribution in [0.5, 0.6) is 0 Å². The molecule has 3 rings (SSSR count). The second-order valence-corrected chi connectivity index (χ2v) is 8.40. The molecule has 0 amide bonds. The first-order valence-corrected chi connectivity index (χ1v) is 9.48. The molecule has 1 aromatic heterocycles. The monoisotopic (exact) mass is 347 g/mol. The molecule has 1 N–H and O–H groups in total. The highest BCUT2D eigenvalue weighted by molar-refractivity contribution is 7.98. The van der Waals surface area contributed by atoms with Crippen molar-refractivity contribution in [1.82, 2.24) is 14.3 Å². The van der Waals surface area contributed by atoms with Crippen LogP contribution in [0.1, 0.15) is 5.56 Å². The first-order valence-electron chi connectivity index (χ1n) is 7.06. The molecule has 0 spiro atoms. The normalized spacial score (nSPS) is 12.1. The maximum absolute atomic E-state index is 12.2. The number of rotatable bonds is 5. The van der Waals surface area contributed by atoms with E-state index < -0.39 is 10.0 Å². The molecule has 0 atom stereocenters. The van der Waals surface area contributed by atoms with Crippen LogP contribution in [0.4, 0.5) is 0 Å². The molecule has 0 aliphatic carbocycles. The first kappa shape index (κ1) is 16.0. The highest BCUT2D eigenvalue weighted by Crippen LogP contribution is 2.24. The first-order chi connectivity index (χ1) is 11.0. The van der Waals surface area contributed by atoms with Gasteiger partial charge < -0.3 is 4.98 Å². The van der Waals surface area contributed by atoms with Crippen molar-refractivity contribution in [3.63, 3.8) is 0 Å². The molecule has 0 aliphatic heterocycles. The van der Waals surface area contributed by atoms with Crippen LogP contribution in [0.25, 0.3) is 11.0 Å². The summed E-state index contributed by atoms with van der Waals surface area (Å²) in [6, 6.07) is 14.9. The molecular formula is C16H17N3O2S2. The average Bonchev–Trinajstić information content (AvgIpc) is 2.96. The molecule has 5 nitrogen and oxygen atoms in total.